The van der Waals surface area contributed by atoms with Crippen molar-refractivity contribution in [2.75, 3.05) is 0 Å². The number of halogens is 1. The lowest BCUT2D eigenvalue weighted by Gasteiger charge is -2.07. The lowest BCUT2D eigenvalue weighted by atomic mass is 10.0. The summed E-state index contributed by atoms with van der Waals surface area (Å²) in [5, 5.41) is 24.8. The summed E-state index contributed by atoms with van der Waals surface area (Å²) in [4.78, 5) is 32.1. The van der Waals surface area contributed by atoms with Gasteiger partial charge in [0.2, 0.25) is 0 Å². The minimum atomic E-state index is -1.46. The summed E-state index contributed by atoms with van der Waals surface area (Å²) in [6.07, 6.45) is 0. The zero-order valence-corrected chi connectivity index (χ0v) is 9.01. The second-order valence-electron chi connectivity index (χ2n) is 3.12. The Morgan fingerprint density at radius 2 is 1.53 bits per heavy atom. The van der Waals surface area contributed by atoms with Crippen molar-refractivity contribution in [1.82, 2.24) is 0 Å². The van der Waals surface area contributed by atoms with Crippen LogP contribution in [-0.2, 0) is 4.79 Å². The molecule has 0 saturated heterocycles. The van der Waals surface area contributed by atoms with Gasteiger partial charge in [0.1, 0.15) is 0 Å². The summed E-state index contributed by atoms with van der Waals surface area (Å²) in [6, 6.07) is 3.12. The van der Waals surface area contributed by atoms with Gasteiger partial charge in [0, 0.05) is 0 Å². The molecule has 0 saturated carbocycles. The summed E-state index contributed by atoms with van der Waals surface area (Å²) in [6.45, 7) is 0. The van der Waals surface area contributed by atoms with Crippen LogP contribution in [0, 0.1) is 0 Å². The molecule has 0 aromatic heterocycles. The molecule has 6 nitrogen and oxygen atoms in total. The van der Waals surface area contributed by atoms with Crippen LogP contribution in [0.15, 0.2) is 18.2 Å². The quantitative estimate of drug-likeness (QED) is 0.705. The molecule has 1 aromatic rings. The van der Waals surface area contributed by atoms with E-state index >= 15 is 0 Å². The second-order valence-corrected chi connectivity index (χ2v) is 3.55. The number of rotatable bonds is 4. The van der Waals surface area contributed by atoms with E-state index in [9.17, 15) is 14.4 Å². The predicted molar refractivity (Wildman–Crippen MR) is 56.6 cm³/mol. The highest BCUT2D eigenvalue weighted by Gasteiger charge is 2.21. The molecule has 0 radical (unpaired) electrons. The molecule has 90 valence electrons. The molecule has 7 heteroatoms. The van der Waals surface area contributed by atoms with Gasteiger partial charge in [-0.25, -0.2) is 9.59 Å². The van der Waals surface area contributed by atoms with E-state index in [1.165, 1.54) is 6.07 Å². The number of hydrogen-bond acceptors (Lipinski definition) is 3. The smallest absolute Gasteiger partial charge is 0.336 e. The van der Waals surface area contributed by atoms with Crippen LogP contribution < -0.4 is 0 Å². The molecule has 0 aliphatic rings. The number of alkyl halides is 1. The Balaban J connectivity index is 3.33. The molecule has 0 heterocycles. The summed E-state index contributed by atoms with van der Waals surface area (Å²) in [5.74, 6) is -4.21. The SMILES string of the molecule is O=C(O)c1ccc(C(Cl)C(=O)O)cc1C(=O)O. The monoisotopic (exact) mass is 258 g/mol. The molecule has 17 heavy (non-hydrogen) atoms. The van der Waals surface area contributed by atoms with Crippen LogP contribution in [0.3, 0.4) is 0 Å². The van der Waals surface area contributed by atoms with Crippen LogP contribution in [0.2, 0.25) is 0 Å². The number of carboxylic acids is 3. The number of aromatic carboxylic acids is 2. The van der Waals surface area contributed by atoms with E-state index in [-0.39, 0.29) is 5.56 Å². The van der Waals surface area contributed by atoms with Gasteiger partial charge in [-0.15, -0.1) is 11.6 Å². The number of carbonyl (C=O) groups is 3. The van der Waals surface area contributed by atoms with Gasteiger partial charge < -0.3 is 15.3 Å². The van der Waals surface area contributed by atoms with E-state index in [2.05, 4.69) is 0 Å². The van der Waals surface area contributed by atoms with E-state index in [1.807, 2.05) is 0 Å². The molecule has 0 aliphatic heterocycles. The Kier molecular flexibility index (Phi) is 3.69. The van der Waals surface area contributed by atoms with Crippen LogP contribution in [0.25, 0.3) is 0 Å². The van der Waals surface area contributed by atoms with Crippen molar-refractivity contribution >= 4 is 29.5 Å². The third-order valence-corrected chi connectivity index (χ3v) is 2.45. The Bertz CT molecular complexity index is 496. The third kappa shape index (κ3) is 2.73. The Hall–Kier alpha value is -2.08. The summed E-state index contributed by atoms with van der Waals surface area (Å²) < 4.78 is 0. The fourth-order valence-electron chi connectivity index (χ4n) is 1.23. The van der Waals surface area contributed by atoms with Gasteiger partial charge in [0.15, 0.2) is 5.38 Å². The van der Waals surface area contributed by atoms with Crippen molar-refractivity contribution in [2.24, 2.45) is 0 Å². The average Bonchev–Trinajstić information content (AvgIpc) is 2.26. The number of aliphatic carboxylic acids is 1. The van der Waals surface area contributed by atoms with E-state index in [4.69, 9.17) is 26.9 Å². The first-order valence-corrected chi connectivity index (χ1v) is 4.75. The Labute approximate surface area is 100 Å². The number of hydrogen-bond donors (Lipinski definition) is 3. The summed E-state index contributed by atoms with van der Waals surface area (Å²) in [5.41, 5.74) is -0.904. The Morgan fingerprint density at radius 1 is 1.00 bits per heavy atom. The molecule has 0 bridgehead atoms. The largest absolute Gasteiger partial charge is 0.480 e. The van der Waals surface area contributed by atoms with Crippen molar-refractivity contribution in [3.05, 3.63) is 34.9 Å². The molecule has 3 N–H and O–H groups in total. The normalized spacial score (nSPS) is 11.8. The fraction of sp³-hybridized carbons (Fsp3) is 0.100. The van der Waals surface area contributed by atoms with Crippen molar-refractivity contribution in [3.8, 4) is 0 Å². The highest BCUT2D eigenvalue weighted by Crippen LogP contribution is 2.23. The van der Waals surface area contributed by atoms with Crippen molar-refractivity contribution in [3.63, 3.8) is 0 Å². The number of benzene rings is 1. The van der Waals surface area contributed by atoms with E-state index in [1.54, 1.807) is 0 Å². The molecule has 0 fully saturated rings. The lowest BCUT2D eigenvalue weighted by Crippen LogP contribution is -2.11. The highest BCUT2D eigenvalue weighted by molar-refractivity contribution is 6.29. The highest BCUT2D eigenvalue weighted by atomic mass is 35.5. The molecule has 0 amide bonds. The summed E-state index contributed by atoms with van der Waals surface area (Å²) in [7, 11) is 0. The summed E-state index contributed by atoms with van der Waals surface area (Å²) >= 11 is 5.51. The van der Waals surface area contributed by atoms with Gasteiger partial charge in [0.05, 0.1) is 11.1 Å². The van der Waals surface area contributed by atoms with Gasteiger partial charge in [-0.1, -0.05) is 6.07 Å². The van der Waals surface area contributed by atoms with Crippen LogP contribution in [0.4, 0.5) is 0 Å². The first-order valence-electron chi connectivity index (χ1n) is 4.32. The molecular formula is C10H7ClO6. The minimum absolute atomic E-state index is 0.0153. The maximum absolute atomic E-state index is 10.8. The lowest BCUT2D eigenvalue weighted by molar-refractivity contribution is -0.136. The maximum atomic E-state index is 10.8. The maximum Gasteiger partial charge on any atom is 0.336 e. The molecule has 1 aromatic carbocycles. The van der Waals surface area contributed by atoms with E-state index in [0.717, 1.165) is 12.1 Å². The van der Waals surface area contributed by atoms with Crippen LogP contribution in [0.1, 0.15) is 31.7 Å². The van der Waals surface area contributed by atoms with E-state index in [0.29, 0.717) is 0 Å². The zero-order valence-electron chi connectivity index (χ0n) is 8.25. The van der Waals surface area contributed by atoms with Gasteiger partial charge in [-0.2, -0.15) is 0 Å². The van der Waals surface area contributed by atoms with Crippen molar-refractivity contribution < 1.29 is 29.7 Å². The van der Waals surface area contributed by atoms with Crippen LogP contribution in [0.5, 0.6) is 0 Å². The van der Waals surface area contributed by atoms with Gasteiger partial charge in [-0.05, 0) is 17.7 Å². The second kappa shape index (κ2) is 4.84. The average molecular weight is 259 g/mol. The molecule has 0 aliphatic carbocycles. The number of carboxylic acid groups (broad SMARTS) is 3. The Morgan fingerprint density at radius 3 is 1.94 bits per heavy atom. The van der Waals surface area contributed by atoms with Crippen molar-refractivity contribution in [2.45, 2.75) is 5.38 Å². The van der Waals surface area contributed by atoms with Gasteiger partial charge in [0.25, 0.3) is 0 Å². The first kappa shape index (κ1) is 13.0. The minimum Gasteiger partial charge on any atom is -0.480 e. The van der Waals surface area contributed by atoms with Crippen molar-refractivity contribution in [1.29, 1.82) is 0 Å². The fourth-order valence-corrected chi connectivity index (χ4v) is 1.36. The molecule has 0 spiro atoms. The molecular weight excluding hydrogens is 252 g/mol. The van der Waals surface area contributed by atoms with Gasteiger partial charge in [-0.3, -0.25) is 4.79 Å². The third-order valence-electron chi connectivity index (χ3n) is 2.01. The first-order chi connectivity index (χ1) is 7.84. The molecule has 1 rings (SSSR count). The topological polar surface area (TPSA) is 112 Å². The van der Waals surface area contributed by atoms with Crippen LogP contribution >= 0.6 is 11.6 Å². The van der Waals surface area contributed by atoms with Crippen LogP contribution in [-0.4, -0.2) is 33.2 Å². The zero-order chi connectivity index (χ0) is 13.2. The molecule has 1 atom stereocenters. The van der Waals surface area contributed by atoms with Gasteiger partial charge >= 0.3 is 17.9 Å². The predicted octanol–water partition coefficient (Wildman–Crippen LogP) is 1.45. The van der Waals surface area contributed by atoms with E-state index < -0.39 is 34.4 Å². The standard InChI is InChI=1S/C10H7ClO6/c11-7(10(16)17)4-1-2-5(8(12)13)6(3-4)9(14)15/h1-3,7H,(H,12,13)(H,14,15)(H,16,17). The molecule has 1 unspecified atom stereocenters.